The molecule has 0 aromatic carbocycles. The van der Waals surface area contributed by atoms with Gasteiger partial charge >= 0.3 is 5.97 Å². The third-order valence-electron chi connectivity index (χ3n) is 6.98. The molecule has 32 heavy (non-hydrogen) atoms. The molecule has 3 rings (SSSR count). The Bertz CT molecular complexity index is 695. The SMILES string of the molecule is CCCCCNC(=O)C1N(CCCCCCO)C(=O)[C@@H]2[C@H](C(=O)OCC)[C@H]3SC12CC3Br. The predicted octanol–water partition coefficient (Wildman–Crippen LogP) is 2.87. The lowest BCUT2D eigenvalue weighted by molar-refractivity contribution is -0.153. The molecular formula is C23H37BrN2O5S. The van der Waals surface area contributed by atoms with Crippen molar-refractivity contribution in [3.05, 3.63) is 0 Å². The molecule has 2 N–H and O–H groups in total. The number of likely N-dealkylation sites (tertiary alicyclic amines) is 1. The van der Waals surface area contributed by atoms with Crippen LogP contribution in [0.4, 0.5) is 0 Å². The number of hydrogen-bond donors (Lipinski definition) is 2. The maximum absolute atomic E-state index is 13.7. The minimum absolute atomic E-state index is 0.0508. The van der Waals surface area contributed by atoms with Crippen LogP contribution in [0.5, 0.6) is 0 Å². The third-order valence-corrected chi connectivity index (χ3v) is 10.2. The zero-order chi connectivity index (χ0) is 23.3. The van der Waals surface area contributed by atoms with E-state index in [1.54, 1.807) is 23.6 Å². The Morgan fingerprint density at radius 2 is 1.97 bits per heavy atom. The summed E-state index contributed by atoms with van der Waals surface area (Å²) in [5.41, 5.74) is 0. The molecule has 2 bridgehead atoms. The van der Waals surface area contributed by atoms with Crippen LogP contribution in [0.3, 0.4) is 0 Å². The van der Waals surface area contributed by atoms with E-state index in [9.17, 15) is 14.4 Å². The predicted molar refractivity (Wildman–Crippen MR) is 129 cm³/mol. The van der Waals surface area contributed by atoms with Gasteiger partial charge in [0.1, 0.15) is 6.04 Å². The molecule has 3 saturated heterocycles. The molecule has 0 radical (unpaired) electrons. The van der Waals surface area contributed by atoms with Crippen LogP contribution in [0, 0.1) is 11.8 Å². The van der Waals surface area contributed by atoms with Gasteiger partial charge in [0.25, 0.3) is 0 Å². The van der Waals surface area contributed by atoms with Crippen LogP contribution in [0.15, 0.2) is 0 Å². The normalized spacial score (nSPS) is 32.9. The fourth-order valence-corrected chi connectivity index (χ4v) is 9.21. The van der Waals surface area contributed by atoms with E-state index >= 15 is 0 Å². The zero-order valence-electron chi connectivity index (χ0n) is 19.2. The minimum Gasteiger partial charge on any atom is -0.466 e. The standard InChI is InChI=1S/C23H37BrN2O5S/c1-3-5-8-11-25-20(28)19-23-14-15(24)18(32-23)16(22(30)31-4-2)17(23)21(29)26(19)12-9-6-7-10-13-27/h15-19,27H,3-14H2,1-2H3,(H,25,28)/t15?,16-,17-,18-,19?,23?/m0/s1. The van der Waals surface area contributed by atoms with Crippen molar-refractivity contribution in [1.29, 1.82) is 0 Å². The number of rotatable bonds is 13. The van der Waals surface area contributed by atoms with Gasteiger partial charge in [0.05, 0.1) is 23.2 Å². The Balaban J connectivity index is 1.83. The van der Waals surface area contributed by atoms with Gasteiger partial charge in [-0.05, 0) is 32.6 Å². The molecule has 3 heterocycles. The smallest absolute Gasteiger partial charge is 0.310 e. The molecule has 0 aromatic rings. The fraction of sp³-hybridized carbons (Fsp3) is 0.870. The van der Waals surface area contributed by atoms with Gasteiger partial charge in [-0.3, -0.25) is 14.4 Å². The summed E-state index contributed by atoms with van der Waals surface area (Å²) in [6.07, 6.45) is 7.06. The molecule has 9 heteroatoms. The number of thioether (sulfide) groups is 1. The quantitative estimate of drug-likeness (QED) is 0.215. The van der Waals surface area contributed by atoms with Crippen LogP contribution in [0.1, 0.15) is 65.2 Å². The van der Waals surface area contributed by atoms with Crippen molar-refractivity contribution in [2.45, 2.75) is 86.1 Å². The molecule has 3 unspecified atom stereocenters. The molecule has 182 valence electrons. The number of nitrogens with one attached hydrogen (secondary N) is 1. The molecule has 0 saturated carbocycles. The highest BCUT2D eigenvalue weighted by atomic mass is 79.9. The molecule has 3 fully saturated rings. The number of alkyl halides is 1. The lowest BCUT2D eigenvalue weighted by Gasteiger charge is -2.35. The fourth-order valence-electron chi connectivity index (χ4n) is 5.61. The Kier molecular flexibility index (Phi) is 9.32. The highest BCUT2D eigenvalue weighted by Crippen LogP contribution is 2.67. The second-order valence-electron chi connectivity index (χ2n) is 9.08. The molecular weight excluding hydrogens is 496 g/mol. The summed E-state index contributed by atoms with van der Waals surface area (Å²) in [7, 11) is 0. The van der Waals surface area contributed by atoms with Crippen molar-refractivity contribution in [3.8, 4) is 0 Å². The lowest BCUT2D eigenvalue weighted by Crippen LogP contribution is -2.54. The van der Waals surface area contributed by atoms with Crippen LogP contribution in [-0.2, 0) is 19.1 Å². The topological polar surface area (TPSA) is 95.9 Å². The first kappa shape index (κ1) is 25.8. The number of unbranched alkanes of at least 4 members (excludes halogenated alkanes) is 5. The van der Waals surface area contributed by atoms with E-state index < -0.39 is 22.6 Å². The first-order valence-corrected chi connectivity index (χ1v) is 13.9. The van der Waals surface area contributed by atoms with Crippen molar-refractivity contribution in [2.24, 2.45) is 11.8 Å². The van der Waals surface area contributed by atoms with Crippen molar-refractivity contribution < 1.29 is 24.2 Å². The second kappa shape index (κ2) is 11.6. The van der Waals surface area contributed by atoms with Gasteiger partial charge in [0.2, 0.25) is 11.8 Å². The summed E-state index contributed by atoms with van der Waals surface area (Å²) in [5.74, 6) is -1.51. The van der Waals surface area contributed by atoms with Crippen LogP contribution >= 0.6 is 27.7 Å². The second-order valence-corrected chi connectivity index (χ2v) is 11.8. The van der Waals surface area contributed by atoms with E-state index in [4.69, 9.17) is 9.84 Å². The first-order chi connectivity index (χ1) is 15.4. The van der Waals surface area contributed by atoms with Gasteiger partial charge in [-0.2, -0.15) is 0 Å². The number of nitrogens with zero attached hydrogens (tertiary/aromatic N) is 1. The summed E-state index contributed by atoms with van der Waals surface area (Å²) >= 11 is 5.39. The van der Waals surface area contributed by atoms with E-state index in [1.807, 2.05) is 0 Å². The van der Waals surface area contributed by atoms with Gasteiger partial charge in [-0.25, -0.2) is 0 Å². The number of aliphatic hydroxyl groups excluding tert-OH is 1. The van der Waals surface area contributed by atoms with Crippen LogP contribution in [0.25, 0.3) is 0 Å². The highest BCUT2D eigenvalue weighted by molar-refractivity contribution is 9.09. The summed E-state index contributed by atoms with van der Waals surface area (Å²) in [6.45, 7) is 5.46. The van der Waals surface area contributed by atoms with Crippen LogP contribution in [-0.4, -0.2) is 75.0 Å². The number of fused-ring (bicyclic) bond motifs is 1. The average Bonchev–Trinajstić information content (AvgIpc) is 3.35. The number of carbonyl (C=O) groups excluding carboxylic acids is 3. The van der Waals surface area contributed by atoms with Crippen molar-refractivity contribution in [2.75, 3.05) is 26.3 Å². The number of esters is 1. The van der Waals surface area contributed by atoms with Crippen LogP contribution in [0.2, 0.25) is 0 Å². The Hall–Kier alpha value is -0.800. The number of ether oxygens (including phenoxy) is 1. The third kappa shape index (κ3) is 4.85. The van der Waals surface area contributed by atoms with Gasteiger partial charge in [-0.1, -0.05) is 48.5 Å². The van der Waals surface area contributed by atoms with Gasteiger partial charge < -0.3 is 20.1 Å². The monoisotopic (exact) mass is 532 g/mol. The molecule has 0 aromatic heterocycles. The maximum Gasteiger partial charge on any atom is 0.310 e. The minimum atomic E-state index is -0.590. The summed E-state index contributed by atoms with van der Waals surface area (Å²) in [6, 6.07) is -0.561. The van der Waals surface area contributed by atoms with Crippen molar-refractivity contribution >= 4 is 45.5 Å². The molecule has 6 atom stereocenters. The van der Waals surface area contributed by atoms with E-state index in [-0.39, 0.29) is 41.1 Å². The van der Waals surface area contributed by atoms with Crippen molar-refractivity contribution in [1.82, 2.24) is 10.2 Å². The molecule has 1 spiro atoms. The van der Waals surface area contributed by atoms with E-state index in [2.05, 4.69) is 28.2 Å². The Morgan fingerprint density at radius 1 is 1.22 bits per heavy atom. The molecule has 3 aliphatic rings. The van der Waals surface area contributed by atoms with Gasteiger partial charge in [0, 0.05) is 29.8 Å². The number of halogens is 1. The number of aliphatic hydroxyl groups is 1. The Labute approximate surface area is 203 Å². The number of hydrogen-bond acceptors (Lipinski definition) is 6. The van der Waals surface area contributed by atoms with Crippen LogP contribution < -0.4 is 5.32 Å². The molecule has 7 nitrogen and oxygen atoms in total. The number of amides is 2. The number of carbonyl (C=O) groups is 3. The van der Waals surface area contributed by atoms with Gasteiger partial charge in [0.15, 0.2) is 0 Å². The van der Waals surface area contributed by atoms with E-state index in [0.29, 0.717) is 19.5 Å². The van der Waals surface area contributed by atoms with E-state index in [1.165, 1.54) is 0 Å². The Morgan fingerprint density at radius 3 is 2.66 bits per heavy atom. The zero-order valence-corrected chi connectivity index (χ0v) is 21.6. The molecule has 3 aliphatic heterocycles. The summed E-state index contributed by atoms with van der Waals surface area (Å²) in [4.78, 5) is 41.8. The maximum atomic E-state index is 13.7. The van der Waals surface area contributed by atoms with Crippen molar-refractivity contribution in [3.63, 3.8) is 0 Å². The highest BCUT2D eigenvalue weighted by Gasteiger charge is 2.75. The summed E-state index contributed by atoms with van der Waals surface area (Å²) < 4.78 is 4.77. The van der Waals surface area contributed by atoms with E-state index in [0.717, 1.165) is 44.9 Å². The molecule has 0 aliphatic carbocycles. The first-order valence-electron chi connectivity index (χ1n) is 12.1. The lowest BCUT2D eigenvalue weighted by atomic mass is 9.71. The van der Waals surface area contributed by atoms with Gasteiger partial charge in [-0.15, -0.1) is 11.8 Å². The summed E-state index contributed by atoms with van der Waals surface area (Å²) in [5, 5.41) is 12.0. The average molecular weight is 534 g/mol. The molecule has 2 amide bonds. The largest absolute Gasteiger partial charge is 0.466 e.